The normalized spacial score (nSPS) is 13.2. The zero-order valence-corrected chi connectivity index (χ0v) is 34.2. The second kappa shape index (κ2) is 12.9. The highest BCUT2D eigenvalue weighted by atomic mass is 16.3. The van der Waals surface area contributed by atoms with Crippen LogP contribution in [0.1, 0.15) is 22.3 Å². The smallest absolute Gasteiger partial charge is 0.135 e. The van der Waals surface area contributed by atoms with Gasteiger partial charge in [-0.25, -0.2) is 0 Å². The number of para-hydroxylation sites is 2. The minimum Gasteiger partial charge on any atom is -0.456 e. The van der Waals surface area contributed by atoms with Crippen LogP contribution in [0.25, 0.3) is 87.6 Å². The molecule has 2 heteroatoms. The van der Waals surface area contributed by atoms with Crippen LogP contribution in [0.3, 0.4) is 0 Å². The Hall–Kier alpha value is -8.20. The number of fused-ring (bicyclic) bond motifs is 19. The van der Waals surface area contributed by atoms with Crippen molar-refractivity contribution in [2.24, 2.45) is 0 Å². The number of nitrogens with zero attached hydrogens (tertiary/aromatic N) is 1. The summed E-state index contributed by atoms with van der Waals surface area (Å²) in [6, 6.07) is 83.1. The second-order valence-electron chi connectivity index (χ2n) is 17.1. The molecule has 63 heavy (non-hydrogen) atoms. The molecule has 0 aliphatic heterocycles. The van der Waals surface area contributed by atoms with Crippen molar-refractivity contribution >= 4 is 71.3 Å². The molecule has 2 aliphatic carbocycles. The Kier molecular flexibility index (Phi) is 7.07. The van der Waals surface area contributed by atoms with Gasteiger partial charge in [-0.3, -0.25) is 0 Å². The van der Waals surface area contributed by atoms with E-state index < -0.39 is 5.41 Å². The predicted octanol–water partition coefficient (Wildman–Crippen LogP) is 16.5. The molecule has 0 saturated carbocycles. The molecule has 292 valence electrons. The highest BCUT2D eigenvalue weighted by molar-refractivity contribution is 6.26. The molecule has 12 aromatic rings. The third-order valence-corrected chi connectivity index (χ3v) is 14.1. The van der Waals surface area contributed by atoms with E-state index in [9.17, 15) is 0 Å². The van der Waals surface area contributed by atoms with E-state index in [4.69, 9.17) is 4.42 Å². The number of anilines is 3. The first-order chi connectivity index (χ1) is 31.3. The van der Waals surface area contributed by atoms with Gasteiger partial charge >= 0.3 is 0 Å². The van der Waals surface area contributed by atoms with Gasteiger partial charge in [0.15, 0.2) is 0 Å². The number of hydrogen-bond acceptors (Lipinski definition) is 2. The van der Waals surface area contributed by atoms with Gasteiger partial charge < -0.3 is 9.32 Å². The maximum absolute atomic E-state index is 6.32. The molecular weight excluding hydrogens is 763 g/mol. The van der Waals surface area contributed by atoms with Crippen LogP contribution in [-0.4, -0.2) is 0 Å². The van der Waals surface area contributed by atoms with E-state index in [1.54, 1.807) is 0 Å². The summed E-state index contributed by atoms with van der Waals surface area (Å²) in [5, 5.41) is 9.78. The van der Waals surface area contributed by atoms with E-state index in [0.29, 0.717) is 0 Å². The van der Waals surface area contributed by atoms with Crippen LogP contribution in [0, 0.1) is 0 Å². The second-order valence-corrected chi connectivity index (χ2v) is 17.1. The van der Waals surface area contributed by atoms with Crippen molar-refractivity contribution in [2.45, 2.75) is 5.41 Å². The molecule has 0 N–H and O–H groups in total. The molecule has 0 amide bonds. The Bertz CT molecular complexity index is 3790. The first-order valence-electron chi connectivity index (χ1n) is 21.8. The number of rotatable bonds is 4. The molecule has 2 aliphatic rings. The molecule has 0 fully saturated rings. The number of furan rings is 1. The highest BCUT2D eigenvalue weighted by Crippen LogP contribution is 2.63. The minimum absolute atomic E-state index is 0.466. The van der Waals surface area contributed by atoms with Gasteiger partial charge in [-0.15, -0.1) is 0 Å². The monoisotopic (exact) mass is 799 g/mol. The van der Waals surface area contributed by atoms with Crippen molar-refractivity contribution in [2.75, 3.05) is 4.90 Å². The number of hydrogen-bond donors (Lipinski definition) is 0. The number of benzene rings is 11. The molecule has 0 atom stereocenters. The summed E-state index contributed by atoms with van der Waals surface area (Å²) in [5.74, 6) is 0. The van der Waals surface area contributed by atoms with Gasteiger partial charge in [0.05, 0.1) is 11.1 Å². The summed E-state index contributed by atoms with van der Waals surface area (Å²) in [6.07, 6.45) is 0. The minimum atomic E-state index is -0.466. The van der Waals surface area contributed by atoms with Gasteiger partial charge in [-0.1, -0.05) is 176 Å². The molecule has 14 rings (SSSR count). The van der Waals surface area contributed by atoms with Crippen molar-refractivity contribution in [3.63, 3.8) is 0 Å². The SMILES string of the molecule is c1ccc(N(c2ccc3c(c2)C2(c4ccccc4-c4ccccc42)c2ccccc2-3)c2ccc3c4ccccc4c4ccccc4c3c2)c(-c2ccc3oc4ccccc4c3c2)c1. The van der Waals surface area contributed by atoms with E-state index >= 15 is 0 Å². The molecule has 1 heterocycles. The van der Waals surface area contributed by atoms with Crippen LogP contribution < -0.4 is 4.90 Å². The average molecular weight is 800 g/mol. The van der Waals surface area contributed by atoms with Crippen molar-refractivity contribution in [3.8, 4) is 33.4 Å². The lowest BCUT2D eigenvalue weighted by molar-refractivity contribution is 0.669. The molecule has 1 aromatic heterocycles. The van der Waals surface area contributed by atoms with Crippen LogP contribution in [0.5, 0.6) is 0 Å². The Morgan fingerprint density at radius 1 is 0.286 bits per heavy atom. The average Bonchev–Trinajstić information content (AvgIpc) is 3.98. The molecule has 1 spiro atoms. The van der Waals surface area contributed by atoms with Crippen LogP contribution in [0.4, 0.5) is 17.1 Å². The van der Waals surface area contributed by atoms with E-state index in [2.05, 4.69) is 223 Å². The van der Waals surface area contributed by atoms with Gasteiger partial charge in [-0.05, 0) is 131 Å². The maximum atomic E-state index is 6.32. The fourth-order valence-corrected chi connectivity index (χ4v) is 11.5. The van der Waals surface area contributed by atoms with E-state index in [-0.39, 0.29) is 0 Å². The molecule has 0 unspecified atom stereocenters. The van der Waals surface area contributed by atoms with Gasteiger partial charge in [0.25, 0.3) is 0 Å². The maximum Gasteiger partial charge on any atom is 0.135 e. The summed E-state index contributed by atoms with van der Waals surface area (Å²) >= 11 is 0. The first kappa shape index (κ1) is 34.5. The van der Waals surface area contributed by atoms with Crippen molar-refractivity contribution in [3.05, 3.63) is 247 Å². The van der Waals surface area contributed by atoms with Crippen molar-refractivity contribution in [1.82, 2.24) is 0 Å². The first-order valence-corrected chi connectivity index (χ1v) is 21.8. The van der Waals surface area contributed by atoms with E-state index in [0.717, 1.165) is 50.1 Å². The molecule has 0 radical (unpaired) electrons. The topological polar surface area (TPSA) is 16.4 Å². The summed E-state index contributed by atoms with van der Waals surface area (Å²) < 4.78 is 6.32. The summed E-state index contributed by atoms with van der Waals surface area (Å²) in [5.41, 5.74) is 17.4. The van der Waals surface area contributed by atoms with Crippen molar-refractivity contribution in [1.29, 1.82) is 0 Å². The van der Waals surface area contributed by atoms with Gasteiger partial charge in [0.2, 0.25) is 0 Å². The van der Waals surface area contributed by atoms with E-state index in [1.807, 2.05) is 6.07 Å². The largest absolute Gasteiger partial charge is 0.456 e. The fourth-order valence-electron chi connectivity index (χ4n) is 11.5. The third-order valence-electron chi connectivity index (χ3n) is 14.1. The van der Waals surface area contributed by atoms with Crippen LogP contribution in [-0.2, 0) is 5.41 Å². The molecule has 0 bridgehead atoms. The van der Waals surface area contributed by atoms with Crippen molar-refractivity contribution < 1.29 is 4.42 Å². The quantitative estimate of drug-likeness (QED) is 0.165. The zero-order chi connectivity index (χ0) is 41.2. The van der Waals surface area contributed by atoms with Crippen LogP contribution in [0.2, 0.25) is 0 Å². The predicted molar refractivity (Wildman–Crippen MR) is 263 cm³/mol. The summed E-state index contributed by atoms with van der Waals surface area (Å²) in [4.78, 5) is 2.50. The third kappa shape index (κ3) is 4.67. The lowest BCUT2D eigenvalue weighted by atomic mass is 9.70. The molecule has 11 aromatic carbocycles. The molecule has 2 nitrogen and oxygen atoms in total. The van der Waals surface area contributed by atoms with Gasteiger partial charge in [-0.2, -0.15) is 0 Å². The zero-order valence-electron chi connectivity index (χ0n) is 34.2. The van der Waals surface area contributed by atoms with Gasteiger partial charge in [0, 0.05) is 27.7 Å². The summed E-state index contributed by atoms with van der Waals surface area (Å²) in [6.45, 7) is 0. The Balaban J connectivity index is 1.06. The van der Waals surface area contributed by atoms with E-state index in [1.165, 1.54) is 76.8 Å². The summed E-state index contributed by atoms with van der Waals surface area (Å²) in [7, 11) is 0. The lowest BCUT2D eigenvalue weighted by Gasteiger charge is -2.33. The lowest BCUT2D eigenvalue weighted by Crippen LogP contribution is -2.26. The Morgan fingerprint density at radius 2 is 0.746 bits per heavy atom. The standard InChI is InChI=1S/C61H37NO/c1-2-18-44-42(16-1)43-17-3-4-19-45(43)52-36-39(30-32-46(44)52)62(58-27-13-8-15-41(58)38-29-34-60-53(35-38)51-23-9-14-28-59(51)63-60)40-31-33-50-49-22-7-12-26-56(49)61(57(50)37-40)54-24-10-5-20-47(54)48-21-6-11-25-55(48)61/h1-37H. The van der Waals surface area contributed by atoms with Gasteiger partial charge in [0.1, 0.15) is 11.2 Å². The van der Waals surface area contributed by atoms with Crippen LogP contribution in [0.15, 0.2) is 229 Å². The Labute approximate surface area is 364 Å². The highest BCUT2D eigenvalue weighted by Gasteiger charge is 2.51. The Morgan fingerprint density at radius 3 is 1.40 bits per heavy atom. The molecular formula is C61H37NO. The molecule has 0 saturated heterocycles. The van der Waals surface area contributed by atoms with Crippen LogP contribution >= 0.6 is 0 Å². The fraction of sp³-hybridized carbons (Fsp3) is 0.0164.